The molecule has 3 nitrogen and oxygen atoms in total. The number of carbonyl (C=O) groups is 1. The Balaban J connectivity index is 1.94. The Morgan fingerprint density at radius 3 is 2.20 bits per heavy atom. The van der Waals surface area contributed by atoms with Gasteiger partial charge in [0, 0.05) is 5.69 Å². The van der Waals surface area contributed by atoms with E-state index in [1.165, 1.54) is 0 Å². The third kappa shape index (κ3) is 3.93. The Kier molecular flexibility index (Phi) is 4.53. The first kappa shape index (κ1) is 14.3. The average Bonchev–Trinajstić information content (AvgIpc) is 2.47. The first-order chi connectivity index (χ1) is 9.58. The molecule has 104 valence electrons. The normalized spacial score (nSPS) is 13.5. The number of benzene rings is 2. The van der Waals surface area contributed by atoms with Crippen molar-refractivity contribution < 1.29 is 9.90 Å². The molecule has 1 amide bonds. The van der Waals surface area contributed by atoms with Crippen molar-refractivity contribution in [3.63, 3.8) is 0 Å². The second-order valence-electron chi connectivity index (χ2n) is 5.08. The van der Waals surface area contributed by atoms with Crippen LogP contribution >= 0.6 is 0 Å². The van der Waals surface area contributed by atoms with E-state index in [1.807, 2.05) is 48.5 Å². The predicted molar refractivity (Wildman–Crippen MR) is 80.5 cm³/mol. The molecule has 0 aliphatic carbocycles. The SMILES string of the molecule is C[C@](O)(CCc1ccccc1)C(=O)Nc1ccccc1. The minimum Gasteiger partial charge on any atom is -0.380 e. The summed E-state index contributed by atoms with van der Waals surface area (Å²) in [4.78, 5) is 12.1. The fourth-order valence-electron chi connectivity index (χ4n) is 1.93. The van der Waals surface area contributed by atoms with Crippen molar-refractivity contribution in [2.45, 2.75) is 25.4 Å². The third-order valence-electron chi connectivity index (χ3n) is 3.26. The lowest BCUT2D eigenvalue weighted by Crippen LogP contribution is -2.40. The number of rotatable bonds is 5. The zero-order chi connectivity index (χ0) is 14.4. The molecule has 2 N–H and O–H groups in total. The maximum absolute atomic E-state index is 12.1. The topological polar surface area (TPSA) is 49.3 Å². The number of carbonyl (C=O) groups excluding carboxylic acids is 1. The quantitative estimate of drug-likeness (QED) is 0.876. The Labute approximate surface area is 119 Å². The van der Waals surface area contributed by atoms with Crippen LogP contribution in [0.4, 0.5) is 5.69 Å². The zero-order valence-electron chi connectivity index (χ0n) is 11.5. The van der Waals surface area contributed by atoms with E-state index in [0.717, 1.165) is 5.56 Å². The molecule has 2 rings (SSSR count). The summed E-state index contributed by atoms with van der Waals surface area (Å²) in [6, 6.07) is 19.0. The van der Waals surface area contributed by atoms with Crippen LogP contribution in [0.5, 0.6) is 0 Å². The van der Waals surface area contributed by atoms with E-state index in [4.69, 9.17) is 0 Å². The van der Waals surface area contributed by atoms with Crippen LogP contribution in [0.2, 0.25) is 0 Å². The third-order valence-corrected chi connectivity index (χ3v) is 3.26. The fraction of sp³-hybridized carbons (Fsp3) is 0.235. The molecule has 0 bridgehead atoms. The number of para-hydroxylation sites is 1. The molecule has 20 heavy (non-hydrogen) atoms. The summed E-state index contributed by atoms with van der Waals surface area (Å²) >= 11 is 0. The van der Waals surface area contributed by atoms with Gasteiger partial charge in [0.05, 0.1) is 0 Å². The van der Waals surface area contributed by atoms with Gasteiger partial charge >= 0.3 is 0 Å². The summed E-state index contributed by atoms with van der Waals surface area (Å²) in [5, 5.41) is 13.0. The Bertz CT molecular complexity index is 550. The summed E-state index contributed by atoms with van der Waals surface area (Å²) in [6.07, 6.45) is 1.05. The van der Waals surface area contributed by atoms with Crippen LogP contribution in [0.3, 0.4) is 0 Å². The molecular formula is C17H19NO2. The molecule has 2 aromatic rings. The molecule has 0 saturated heterocycles. The molecule has 0 aromatic heterocycles. The summed E-state index contributed by atoms with van der Waals surface area (Å²) in [6.45, 7) is 1.55. The first-order valence-electron chi connectivity index (χ1n) is 6.71. The van der Waals surface area contributed by atoms with E-state index in [1.54, 1.807) is 19.1 Å². The number of amides is 1. The predicted octanol–water partition coefficient (Wildman–Crippen LogP) is 3.01. The zero-order valence-corrected chi connectivity index (χ0v) is 11.5. The molecule has 2 aromatic carbocycles. The van der Waals surface area contributed by atoms with Crippen LogP contribution in [-0.4, -0.2) is 16.6 Å². The van der Waals surface area contributed by atoms with E-state index in [2.05, 4.69) is 5.32 Å². The Morgan fingerprint density at radius 2 is 1.60 bits per heavy atom. The highest BCUT2D eigenvalue weighted by Crippen LogP contribution is 2.17. The number of aliphatic hydroxyl groups is 1. The maximum atomic E-state index is 12.1. The van der Waals surface area contributed by atoms with Crippen molar-refractivity contribution in [3.8, 4) is 0 Å². The summed E-state index contributed by atoms with van der Waals surface area (Å²) < 4.78 is 0. The highest BCUT2D eigenvalue weighted by atomic mass is 16.3. The fourth-order valence-corrected chi connectivity index (χ4v) is 1.93. The molecule has 0 aliphatic heterocycles. The number of hydrogen-bond acceptors (Lipinski definition) is 2. The monoisotopic (exact) mass is 269 g/mol. The lowest BCUT2D eigenvalue weighted by molar-refractivity contribution is -0.132. The van der Waals surface area contributed by atoms with Crippen LogP contribution < -0.4 is 5.32 Å². The molecular weight excluding hydrogens is 250 g/mol. The highest BCUT2D eigenvalue weighted by molar-refractivity contribution is 5.96. The first-order valence-corrected chi connectivity index (χ1v) is 6.71. The van der Waals surface area contributed by atoms with Gasteiger partial charge in [0.1, 0.15) is 5.60 Å². The van der Waals surface area contributed by atoms with Crippen molar-refractivity contribution in [1.29, 1.82) is 0 Å². The Hall–Kier alpha value is -2.13. The lowest BCUT2D eigenvalue weighted by atomic mass is 9.96. The second-order valence-corrected chi connectivity index (χ2v) is 5.08. The number of anilines is 1. The summed E-state index contributed by atoms with van der Waals surface area (Å²) in [5.41, 5.74) is 0.420. The molecule has 0 radical (unpaired) electrons. The molecule has 0 aliphatic rings. The van der Waals surface area contributed by atoms with E-state index < -0.39 is 5.60 Å². The number of nitrogens with one attached hydrogen (secondary N) is 1. The Morgan fingerprint density at radius 1 is 1.05 bits per heavy atom. The molecule has 1 atom stereocenters. The van der Waals surface area contributed by atoms with Crippen molar-refractivity contribution in [3.05, 3.63) is 66.2 Å². The summed E-state index contributed by atoms with van der Waals surface area (Å²) in [7, 11) is 0. The highest BCUT2D eigenvalue weighted by Gasteiger charge is 2.29. The van der Waals surface area contributed by atoms with E-state index in [-0.39, 0.29) is 5.91 Å². The molecule has 0 fully saturated rings. The average molecular weight is 269 g/mol. The van der Waals surface area contributed by atoms with Gasteiger partial charge < -0.3 is 10.4 Å². The molecule has 0 heterocycles. The van der Waals surface area contributed by atoms with Gasteiger partial charge in [0.2, 0.25) is 0 Å². The largest absolute Gasteiger partial charge is 0.380 e. The second kappa shape index (κ2) is 6.35. The van der Waals surface area contributed by atoms with Crippen molar-refractivity contribution >= 4 is 11.6 Å². The van der Waals surface area contributed by atoms with Crippen LogP contribution in [0, 0.1) is 0 Å². The molecule has 3 heteroatoms. The van der Waals surface area contributed by atoms with Crippen LogP contribution in [0.15, 0.2) is 60.7 Å². The standard InChI is InChI=1S/C17H19NO2/c1-17(20,13-12-14-8-4-2-5-9-14)16(19)18-15-10-6-3-7-11-15/h2-11,20H,12-13H2,1H3,(H,18,19)/t17-/m0/s1. The minimum absolute atomic E-state index is 0.375. The van der Waals surface area contributed by atoms with E-state index in [9.17, 15) is 9.90 Å². The van der Waals surface area contributed by atoms with Crippen LogP contribution in [0.1, 0.15) is 18.9 Å². The molecule has 0 spiro atoms. The van der Waals surface area contributed by atoms with Crippen LogP contribution in [-0.2, 0) is 11.2 Å². The smallest absolute Gasteiger partial charge is 0.256 e. The summed E-state index contributed by atoms with van der Waals surface area (Å²) in [5.74, 6) is -0.375. The lowest BCUT2D eigenvalue weighted by Gasteiger charge is -2.22. The van der Waals surface area contributed by atoms with Gasteiger partial charge in [-0.25, -0.2) is 0 Å². The van der Waals surface area contributed by atoms with E-state index >= 15 is 0 Å². The minimum atomic E-state index is -1.38. The van der Waals surface area contributed by atoms with Crippen molar-refractivity contribution in [2.75, 3.05) is 5.32 Å². The number of hydrogen-bond donors (Lipinski definition) is 2. The van der Waals surface area contributed by atoms with Crippen LogP contribution in [0.25, 0.3) is 0 Å². The van der Waals surface area contributed by atoms with Crippen molar-refractivity contribution in [1.82, 2.24) is 0 Å². The van der Waals surface area contributed by atoms with Gasteiger partial charge in [-0.05, 0) is 37.5 Å². The van der Waals surface area contributed by atoms with Crippen molar-refractivity contribution in [2.24, 2.45) is 0 Å². The van der Waals surface area contributed by atoms with Gasteiger partial charge in [-0.2, -0.15) is 0 Å². The number of aryl methyl sites for hydroxylation is 1. The van der Waals surface area contributed by atoms with Gasteiger partial charge in [-0.3, -0.25) is 4.79 Å². The van der Waals surface area contributed by atoms with Gasteiger partial charge in [0.25, 0.3) is 5.91 Å². The van der Waals surface area contributed by atoms with Gasteiger partial charge in [0.15, 0.2) is 0 Å². The van der Waals surface area contributed by atoms with Gasteiger partial charge in [-0.15, -0.1) is 0 Å². The van der Waals surface area contributed by atoms with Gasteiger partial charge in [-0.1, -0.05) is 48.5 Å². The maximum Gasteiger partial charge on any atom is 0.256 e. The molecule has 0 saturated carbocycles. The van der Waals surface area contributed by atoms with E-state index in [0.29, 0.717) is 18.5 Å². The molecule has 0 unspecified atom stereocenters.